The number of sulfonamides is 1. The summed E-state index contributed by atoms with van der Waals surface area (Å²) in [5.41, 5.74) is 1.09. The SMILES string of the molecule is CC(C)C1CCCCN1Cc1cccc(S(=O)(=O)N2CCOCC2)c1. The van der Waals surface area contributed by atoms with Crippen molar-refractivity contribution in [2.45, 2.75) is 50.6 Å². The Balaban J connectivity index is 1.77. The van der Waals surface area contributed by atoms with E-state index in [1.807, 2.05) is 18.2 Å². The highest BCUT2D eigenvalue weighted by molar-refractivity contribution is 7.89. The second kappa shape index (κ2) is 8.16. The van der Waals surface area contributed by atoms with Gasteiger partial charge in [-0.25, -0.2) is 8.42 Å². The van der Waals surface area contributed by atoms with Gasteiger partial charge < -0.3 is 4.74 Å². The van der Waals surface area contributed by atoms with Gasteiger partial charge >= 0.3 is 0 Å². The van der Waals surface area contributed by atoms with Crippen molar-refractivity contribution in [1.29, 1.82) is 0 Å². The van der Waals surface area contributed by atoms with Crippen molar-refractivity contribution in [2.75, 3.05) is 32.8 Å². The second-order valence-electron chi connectivity index (χ2n) is 7.44. The first kappa shape index (κ1) is 18.8. The summed E-state index contributed by atoms with van der Waals surface area (Å²) >= 11 is 0. The molecule has 3 rings (SSSR count). The molecule has 1 aromatic carbocycles. The molecular formula is C19H30N2O3S. The molecule has 0 aliphatic carbocycles. The zero-order valence-electron chi connectivity index (χ0n) is 15.4. The Morgan fingerprint density at radius 1 is 1.16 bits per heavy atom. The third-order valence-electron chi connectivity index (χ3n) is 5.33. The number of piperidine rings is 1. The number of benzene rings is 1. The van der Waals surface area contributed by atoms with Crippen LogP contribution in [0.3, 0.4) is 0 Å². The van der Waals surface area contributed by atoms with E-state index in [-0.39, 0.29) is 0 Å². The molecule has 0 saturated carbocycles. The van der Waals surface area contributed by atoms with Crippen LogP contribution in [0.4, 0.5) is 0 Å². The van der Waals surface area contributed by atoms with Gasteiger partial charge in [-0.05, 0) is 43.0 Å². The number of nitrogens with zero attached hydrogens (tertiary/aromatic N) is 2. The highest BCUT2D eigenvalue weighted by Gasteiger charge is 2.28. The van der Waals surface area contributed by atoms with Gasteiger partial charge in [-0.2, -0.15) is 4.31 Å². The maximum atomic E-state index is 12.9. The van der Waals surface area contributed by atoms with Gasteiger partial charge in [0.15, 0.2) is 0 Å². The first-order valence-electron chi connectivity index (χ1n) is 9.39. The number of hydrogen-bond donors (Lipinski definition) is 0. The van der Waals surface area contributed by atoms with Crippen LogP contribution in [0, 0.1) is 5.92 Å². The molecule has 0 radical (unpaired) electrons. The average Bonchev–Trinajstić information content (AvgIpc) is 2.63. The summed E-state index contributed by atoms with van der Waals surface area (Å²) < 4.78 is 32.5. The lowest BCUT2D eigenvalue weighted by atomic mass is 9.92. The Bertz CT molecular complexity index is 669. The molecule has 2 saturated heterocycles. The average molecular weight is 367 g/mol. The van der Waals surface area contributed by atoms with E-state index in [0.717, 1.165) is 18.7 Å². The largest absolute Gasteiger partial charge is 0.379 e. The monoisotopic (exact) mass is 366 g/mol. The standard InChI is InChI=1S/C19H30N2O3S/c1-16(2)19-8-3-4-9-20(19)15-17-6-5-7-18(14-17)25(22,23)21-10-12-24-13-11-21/h5-7,14,16,19H,3-4,8-13,15H2,1-2H3. The Morgan fingerprint density at radius 3 is 2.64 bits per heavy atom. The number of ether oxygens (including phenoxy) is 1. The lowest BCUT2D eigenvalue weighted by Gasteiger charge is -2.38. The lowest BCUT2D eigenvalue weighted by molar-refractivity contribution is 0.0730. The third kappa shape index (κ3) is 4.42. The number of rotatable bonds is 5. The minimum absolute atomic E-state index is 0.407. The Labute approximate surface area is 152 Å². The molecule has 1 atom stereocenters. The van der Waals surface area contributed by atoms with Gasteiger partial charge in [0.25, 0.3) is 0 Å². The van der Waals surface area contributed by atoms with Crippen molar-refractivity contribution in [3.8, 4) is 0 Å². The zero-order valence-corrected chi connectivity index (χ0v) is 16.2. The topological polar surface area (TPSA) is 49.9 Å². The van der Waals surface area contributed by atoms with Crippen LogP contribution in [0.15, 0.2) is 29.2 Å². The van der Waals surface area contributed by atoms with Crippen LogP contribution >= 0.6 is 0 Å². The molecule has 5 nitrogen and oxygen atoms in total. The molecule has 6 heteroatoms. The molecular weight excluding hydrogens is 336 g/mol. The molecule has 1 aromatic rings. The maximum Gasteiger partial charge on any atom is 0.243 e. The first-order valence-corrected chi connectivity index (χ1v) is 10.8. The summed E-state index contributed by atoms with van der Waals surface area (Å²) in [4.78, 5) is 2.93. The lowest BCUT2D eigenvalue weighted by Crippen LogP contribution is -2.42. The minimum Gasteiger partial charge on any atom is -0.379 e. The third-order valence-corrected chi connectivity index (χ3v) is 7.22. The van der Waals surface area contributed by atoms with Crippen molar-refractivity contribution >= 4 is 10.0 Å². The van der Waals surface area contributed by atoms with Gasteiger partial charge in [-0.1, -0.05) is 32.4 Å². The van der Waals surface area contributed by atoms with E-state index in [0.29, 0.717) is 43.2 Å². The summed E-state index contributed by atoms with van der Waals surface area (Å²) in [6, 6.07) is 8.08. The second-order valence-corrected chi connectivity index (χ2v) is 9.38. The summed E-state index contributed by atoms with van der Waals surface area (Å²) in [7, 11) is -3.42. The van der Waals surface area contributed by atoms with Crippen molar-refractivity contribution < 1.29 is 13.2 Å². The van der Waals surface area contributed by atoms with E-state index < -0.39 is 10.0 Å². The fourth-order valence-corrected chi connectivity index (χ4v) is 5.42. The summed E-state index contributed by atoms with van der Waals surface area (Å²) in [5.74, 6) is 0.626. The van der Waals surface area contributed by atoms with E-state index in [4.69, 9.17) is 4.74 Å². The van der Waals surface area contributed by atoms with Crippen LogP contribution in [0.2, 0.25) is 0 Å². The molecule has 0 N–H and O–H groups in total. The highest BCUT2D eigenvalue weighted by atomic mass is 32.2. The minimum atomic E-state index is -3.42. The van der Waals surface area contributed by atoms with E-state index >= 15 is 0 Å². The molecule has 2 fully saturated rings. The molecule has 2 aliphatic rings. The molecule has 2 aliphatic heterocycles. The Kier molecular flexibility index (Phi) is 6.15. The highest BCUT2D eigenvalue weighted by Crippen LogP contribution is 2.26. The van der Waals surface area contributed by atoms with Crippen LogP contribution in [0.1, 0.15) is 38.7 Å². The number of hydrogen-bond acceptors (Lipinski definition) is 4. The predicted molar refractivity (Wildman–Crippen MR) is 98.9 cm³/mol. The van der Waals surface area contributed by atoms with E-state index in [1.54, 1.807) is 6.07 Å². The molecule has 0 aromatic heterocycles. The van der Waals surface area contributed by atoms with Gasteiger partial charge in [-0.15, -0.1) is 0 Å². The van der Waals surface area contributed by atoms with Gasteiger partial charge in [0.1, 0.15) is 0 Å². The Hall–Kier alpha value is -0.950. The van der Waals surface area contributed by atoms with Gasteiger partial charge in [0, 0.05) is 25.7 Å². The number of likely N-dealkylation sites (tertiary alicyclic amines) is 1. The van der Waals surface area contributed by atoms with Crippen LogP contribution in [-0.2, 0) is 21.3 Å². The molecule has 2 heterocycles. The predicted octanol–water partition coefficient (Wildman–Crippen LogP) is 2.72. The smallest absolute Gasteiger partial charge is 0.243 e. The molecule has 25 heavy (non-hydrogen) atoms. The van der Waals surface area contributed by atoms with Gasteiger partial charge in [0.2, 0.25) is 10.0 Å². The number of morpholine rings is 1. The van der Waals surface area contributed by atoms with Gasteiger partial charge in [0.05, 0.1) is 18.1 Å². The van der Waals surface area contributed by atoms with Crippen LogP contribution in [0.25, 0.3) is 0 Å². The molecule has 0 amide bonds. The van der Waals surface area contributed by atoms with Crippen molar-refractivity contribution in [3.05, 3.63) is 29.8 Å². The van der Waals surface area contributed by atoms with E-state index in [2.05, 4.69) is 18.7 Å². The van der Waals surface area contributed by atoms with Crippen LogP contribution in [-0.4, -0.2) is 56.5 Å². The fourth-order valence-electron chi connectivity index (χ4n) is 3.94. The summed E-state index contributed by atoms with van der Waals surface area (Å²) in [6.45, 7) is 8.32. The van der Waals surface area contributed by atoms with Crippen LogP contribution in [0.5, 0.6) is 0 Å². The molecule has 1 unspecified atom stereocenters. The van der Waals surface area contributed by atoms with Crippen molar-refractivity contribution in [1.82, 2.24) is 9.21 Å². The maximum absolute atomic E-state index is 12.9. The van der Waals surface area contributed by atoms with E-state index in [9.17, 15) is 8.42 Å². The van der Waals surface area contributed by atoms with Crippen molar-refractivity contribution in [3.63, 3.8) is 0 Å². The first-order chi connectivity index (χ1) is 12.0. The fraction of sp³-hybridized carbons (Fsp3) is 0.684. The molecule has 0 bridgehead atoms. The normalized spacial score (nSPS) is 23.9. The van der Waals surface area contributed by atoms with Gasteiger partial charge in [-0.3, -0.25) is 4.90 Å². The summed E-state index contributed by atoms with van der Waals surface area (Å²) in [6.07, 6.45) is 3.77. The molecule has 140 valence electrons. The van der Waals surface area contributed by atoms with E-state index in [1.165, 1.54) is 23.6 Å². The van der Waals surface area contributed by atoms with Crippen molar-refractivity contribution in [2.24, 2.45) is 5.92 Å². The zero-order chi connectivity index (χ0) is 17.9. The summed E-state index contributed by atoms with van der Waals surface area (Å²) in [5, 5.41) is 0. The Morgan fingerprint density at radius 2 is 1.92 bits per heavy atom. The molecule has 0 spiro atoms. The van der Waals surface area contributed by atoms with Crippen LogP contribution < -0.4 is 0 Å². The quantitative estimate of drug-likeness (QED) is 0.804.